The van der Waals surface area contributed by atoms with Gasteiger partial charge in [0.05, 0.1) is 11.6 Å². The second-order valence-corrected chi connectivity index (χ2v) is 3.47. The molecule has 5 heteroatoms. The minimum atomic E-state index is -0.982. The molecule has 0 aliphatic carbocycles. The fourth-order valence-electron chi connectivity index (χ4n) is 1.25. The molecule has 1 aromatic carbocycles. The number of nitrogens with two attached hydrogens (primary N) is 1. The van der Waals surface area contributed by atoms with Crippen LogP contribution in [0.3, 0.4) is 0 Å². The molecule has 0 spiro atoms. The van der Waals surface area contributed by atoms with Crippen molar-refractivity contribution in [1.82, 2.24) is 5.32 Å². The first-order valence-corrected chi connectivity index (χ1v) is 4.86. The van der Waals surface area contributed by atoms with E-state index >= 15 is 0 Å². The van der Waals surface area contributed by atoms with Gasteiger partial charge >= 0.3 is 5.97 Å². The third-order valence-corrected chi connectivity index (χ3v) is 2.27. The smallest absolute Gasteiger partial charge is 0.336 e. The van der Waals surface area contributed by atoms with Gasteiger partial charge in [-0.05, 0) is 18.6 Å². The first-order chi connectivity index (χ1) is 7.52. The van der Waals surface area contributed by atoms with Crippen molar-refractivity contribution >= 4 is 11.9 Å². The average Bonchev–Trinajstić information content (AvgIpc) is 2.25. The molecule has 16 heavy (non-hydrogen) atoms. The first-order valence-electron chi connectivity index (χ1n) is 4.86. The lowest BCUT2D eigenvalue weighted by molar-refractivity contribution is -0.119. The number of aromatic carboxylic acids is 1. The zero-order valence-electron chi connectivity index (χ0n) is 8.93. The summed E-state index contributed by atoms with van der Waals surface area (Å²) in [5.74, 6) is -1.45. The number of hydrogen-bond acceptors (Lipinski definition) is 3. The van der Waals surface area contributed by atoms with Gasteiger partial charge in [-0.25, -0.2) is 4.79 Å². The number of carbonyl (C=O) groups excluding carboxylic acids is 1. The number of rotatable bonds is 5. The molecule has 1 aromatic rings. The quantitative estimate of drug-likeness (QED) is 0.670. The van der Waals surface area contributed by atoms with Gasteiger partial charge in [-0.1, -0.05) is 18.2 Å². The lowest BCUT2D eigenvalue weighted by atomic mass is 10.1. The molecule has 1 amide bonds. The highest BCUT2D eigenvalue weighted by Crippen LogP contribution is 2.08. The molecule has 0 aliphatic rings. The fraction of sp³-hybridized carbons (Fsp3) is 0.273. The van der Waals surface area contributed by atoms with Crippen LogP contribution in [-0.4, -0.2) is 23.0 Å². The van der Waals surface area contributed by atoms with E-state index in [1.54, 1.807) is 25.1 Å². The van der Waals surface area contributed by atoms with E-state index in [2.05, 4.69) is 5.32 Å². The maximum Gasteiger partial charge on any atom is 0.336 e. The molecular weight excluding hydrogens is 208 g/mol. The number of carboxylic acid groups (broad SMARTS) is 1. The maximum absolute atomic E-state index is 10.9. The summed E-state index contributed by atoms with van der Waals surface area (Å²) in [5.41, 5.74) is 5.94. The van der Waals surface area contributed by atoms with Crippen molar-refractivity contribution < 1.29 is 14.7 Å². The Balaban J connectivity index is 2.74. The van der Waals surface area contributed by atoms with Gasteiger partial charge in [-0.2, -0.15) is 0 Å². The van der Waals surface area contributed by atoms with E-state index in [1.807, 2.05) is 0 Å². The van der Waals surface area contributed by atoms with E-state index < -0.39 is 17.9 Å². The Morgan fingerprint density at radius 2 is 2.06 bits per heavy atom. The summed E-state index contributed by atoms with van der Waals surface area (Å²) in [6.45, 7) is 1.93. The van der Waals surface area contributed by atoms with Crippen LogP contribution >= 0.6 is 0 Å². The standard InChI is InChI=1S/C11H14N2O3/c1-7(10(12)14)13-6-8-4-2-3-5-9(8)11(15)16/h2-5,7,13H,6H2,1H3,(H2,12,14)(H,15,16). The summed E-state index contributed by atoms with van der Waals surface area (Å²) in [6.07, 6.45) is 0. The van der Waals surface area contributed by atoms with Crippen LogP contribution in [0.4, 0.5) is 0 Å². The summed E-state index contributed by atoms with van der Waals surface area (Å²) in [4.78, 5) is 21.7. The maximum atomic E-state index is 10.9. The lowest BCUT2D eigenvalue weighted by Gasteiger charge is -2.11. The van der Waals surface area contributed by atoms with Crippen LogP contribution in [0.5, 0.6) is 0 Å². The molecule has 0 bridgehead atoms. The molecule has 4 N–H and O–H groups in total. The molecule has 0 aliphatic heterocycles. The van der Waals surface area contributed by atoms with Crippen molar-refractivity contribution in [2.24, 2.45) is 5.73 Å². The summed E-state index contributed by atoms with van der Waals surface area (Å²) in [7, 11) is 0. The van der Waals surface area contributed by atoms with Crippen LogP contribution in [0.25, 0.3) is 0 Å². The molecule has 0 heterocycles. The predicted molar refractivity (Wildman–Crippen MR) is 58.9 cm³/mol. The van der Waals surface area contributed by atoms with Crippen LogP contribution in [0, 0.1) is 0 Å². The summed E-state index contributed by atoms with van der Waals surface area (Å²) in [6, 6.07) is 6.14. The van der Waals surface area contributed by atoms with Crippen LogP contribution in [0.2, 0.25) is 0 Å². The lowest BCUT2D eigenvalue weighted by Crippen LogP contribution is -2.38. The molecule has 1 rings (SSSR count). The number of carboxylic acids is 1. The van der Waals surface area contributed by atoms with E-state index in [1.165, 1.54) is 6.07 Å². The van der Waals surface area contributed by atoms with Crippen molar-refractivity contribution in [3.05, 3.63) is 35.4 Å². The zero-order valence-corrected chi connectivity index (χ0v) is 8.93. The van der Waals surface area contributed by atoms with Crippen molar-refractivity contribution in [2.75, 3.05) is 0 Å². The molecule has 0 aromatic heterocycles. The topological polar surface area (TPSA) is 92.4 Å². The van der Waals surface area contributed by atoms with E-state index in [-0.39, 0.29) is 5.56 Å². The minimum absolute atomic E-state index is 0.228. The van der Waals surface area contributed by atoms with Crippen molar-refractivity contribution in [1.29, 1.82) is 0 Å². The van der Waals surface area contributed by atoms with Crippen molar-refractivity contribution in [3.63, 3.8) is 0 Å². The zero-order chi connectivity index (χ0) is 12.1. The van der Waals surface area contributed by atoms with E-state index in [0.717, 1.165) is 0 Å². The number of benzene rings is 1. The molecule has 1 atom stereocenters. The second-order valence-electron chi connectivity index (χ2n) is 3.47. The number of amides is 1. The molecule has 5 nitrogen and oxygen atoms in total. The molecule has 86 valence electrons. The average molecular weight is 222 g/mol. The number of primary amides is 1. The molecule has 0 saturated carbocycles. The number of hydrogen-bond donors (Lipinski definition) is 3. The van der Waals surface area contributed by atoms with Crippen LogP contribution in [-0.2, 0) is 11.3 Å². The van der Waals surface area contributed by atoms with Gasteiger partial charge in [0.25, 0.3) is 0 Å². The van der Waals surface area contributed by atoms with Crippen LogP contribution in [0.15, 0.2) is 24.3 Å². The first kappa shape index (κ1) is 12.2. The van der Waals surface area contributed by atoms with Gasteiger partial charge in [-0.3, -0.25) is 4.79 Å². The predicted octanol–water partition coefficient (Wildman–Crippen LogP) is 0.348. The summed E-state index contributed by atoms with van der Waals surface area (Å²) < 4.78 is 0. The SMILES string of the molecule is CC(NCc1ccccc1C(=O)O)C(N)=O. The second kappa shape index (κ2) is 5.27. The Morgan fingerprint density at radius 3 is 2.62 bits per heavy atom. The van der Waals surface area contributed by atoms with Gasteiger partial charge in [0.2, 0.25) is 5.91 Å². The molecule has 0 radical (unpaired) electrons. The highest BCUT2D eigenvalue weighted by molar-refractivity contribution is 5.89. The van der Waals surface area contributed by atoms with Gasteiger partial charge in [-0.15, -0.1) is 0 Å². The minimum Gasteiger partial charge on any atom is -0.478 e. The fourth-order valence-corrected chi connectivity index (χ4v) is 1.25. The van der Waals surface area contributed by atoms with Gasteiger partial charge < -0.3 is 16.2 Å². The number of carbonyl (C=O) groups is 2. The normalized spacial score (nSPS) is 12.1. The van der Waals surface area contributed by atoms with Crippen molar-refractivity contribution in [2.45, 2.75) is 19.5 Å². The van der Waals surface area contributed by atoms with E-state index in [4.69, 9.17) is 10.8 Å². The Labute approximate surface area is 93.3 Å². The molecule has 0 saturated heterocycles. The van der Waals surface area contributed by atoms with Crippen molar-refractivity contribution in [3.8, 4) is 0 Å². The summed E-state index contributed by atoms with van der Waals surface area (Å²) >= 11 is 0. The molecule has 0 fully saturated rings. The Bertz CT molecular complexity index is 404. The highest BCUT2D eigenvalue weighted by Gasteiger charge is 2.11. The van der Waals surface area contributed by atoms with E-state index in [9.17, 15) is 9.59 Å². The third-order valence-electron chi connectivity index (χ3n) is 2.27. The largest absolute Gasteiger partial charge is 0.478 e. The van der Waals surface area contributed by atoms with Gasteiger partial charge in [0.1, 0.15) is 0 Å². The number of nitrogens with one attached hydrogen (secondary N) is 1. The summed E-state index contributed by atoms with van der Waals surface area (Å²) in [5, 5.41) is 11.8. The van der Waals surface area contributed by atoms with E-state index in [0.29, 0.717) is 12.1 Å². The monoisotopic (exact) mass is 222 g/mol. The van der Waals surface area contributed by atoms with Crippen LogP contribution < -0.4 is 11.1 Å². The Hall–Kier alpha value is -1.88. The van der Waals surface area contributed by atoms with Gasteiger partial charge in [0.15, 0.2) is 0 Å². The molecule has 1 unspecified atom stereocenters. The Kier molecular flexibility index (Phi) is 4.02. The molecular formula is C11H14N2O3. The van der Waals surface area contributed by atoms with Crippen LogP contribution in [0.1, 0.15) is 22.8 Å². The van der Waals surface area contributed by atoms with Gasteiger partial charge in [0, 0.05) is 6.54 Å². The highest BCUT2D eigenvalue weighted by atomic mass is 16.4. The third kappa shape index (κ3) is 3.06. The Morgan fingerprint density at radius 1 is 1.44 bits per heavy atom.